The summed E-state index contributed by atoms with van der Waals surface area (Å²) < 4.78 is 11.0. The maximum atomic E-state index is 5.60. The summed E-state index contributed by atoms with van der Waals surface area (Å²) in [6, 6.07) is 10.2. The van der Waals surface area contributed by atoms with Crippen LogP contribution in [0.5, 0.6) is 10.8 Å². The van der Waals surface area contributed by atoms with E-state index in [2.05, 4.69) is 12.1 Å². The van der Waals surface area contributed by atoms with Crippen LogP contribution >= 0.6 is 11.3 Å². The molecule has 1 aromatic carbocycles. The predicted molar refractivity (Wildman–Crippen MR) is 67.5 cm³/mol. The Kier molecular flexibility index (Phi) is 3.47. The van der Waals surface area contributed by atoms with Gasteiger partial charge in [-0.25, -0.2) is 0 Å². The average molecular weight is 234 g/mol. The van der Waals surface area contributed by atoms with Crippen LogP contribution < -0.4 is 9.47 Å². The molecule has 0 N–H and O–H groups in total. The highest BCUT2D eigenvalue weighted by atomic mass is 32.1. The molecule has 0 aliphatic rings. The fourth-order valence-electron chi connectivity index (χ4n) is 1.60. The van der Waals surface area contributed by atoms with Crippen LogP contribution in [0.1, 0.15) is 6.92 Å². The van der Waals surface area contributed by atoms with E-state index < -0.39 is 0 Å². The largest absolute Gasteiger partial charge is 0.492 e. The van der Waals surface area contributed by atoms with Crippen LogP contribution in [0.15, 0.2) is 35.7 Å². The quantitative estimate of drug-likeness (QED) is 0.800. The zero-order valence-corrected chi connectivity index (χ0v) is 10.2. The zero-order valence-electron chi connectivity index (χ0n) is 9.40. The second-order valence-corrected chi connectivity index (χ2v) is 4.11. The molecule has 0 spiro atoms. The third kappa shape index (κ3) is 2.04. The van der Waals surface area contributed by atoms with E-state index in [9.17, 15) is 0 Å². The van der Waals surface area contributed by atoms with Gasteiger partial charge in [-0.2, -0.15) is 0 Å². The molecule has 16 heavy (non-hydrogen) atoms. The highest BCUT2D eigenvalue weighted by Gasteiger charge is 2.14. The van der Waals surface area contributed by atoms with Crippen LogP contribution in [0, 0.1) is 0 Å². The van der Waals surface area contributed by atoms with Crippen molar-refractivity contribution in [3.05, 3.63) is 35.7 Å². The van der Waals surface area contributed by atoms with E-state index in [-0.39, 0.29) is 0 Å². The van der Waals surface area contributed by atoms with Crippen LogP contribution in [0.4, 0.5) is 0 Å². The number of thiophene rings is 1. The standard InChI is InChI=1S/C13H14O2S/c1-3-15-11-9-16-13(14-2)12(11)10-7-5-4-6-8-10/h4-9H,3H2,1-2H3. The lowest BCUT2D eigenvalue weighted by Crippen LogP contribution is -1.92. The molecule has 0 bridgehead atoms. The van der Waals surface area contributed by atoms with Crippen molar-refractivity contribution in [1.29, 1.82) is 0 Å². The topological polar surface area (TPSA) is 18.5 Å². The lowest BCUT2D eigenvalue weighted by Gasteiger charge is -2.07. The molecule has 84 valence electrons. The summed E-state index contributed by atoms with van der Waals surface area (Å²) >= 11 is 1.56. The normalized spacial score (nSPS) is 10.1. The Labute approximate surface area is 99.5 Å². The third-order valence-corrected chi connectivity index (χ3v) is 3.19. The van der Waals surface area contributed by atoms with Crippen molar-refractivity contribution in [3.63, 3.8) is 0 Å². The van der Waals surface area contributed by atoms with Crippen LogP contribution in [-0.2, 0) is 0 Å². The fourth-order valence-corrected chi connectivity index (χ4v) is 2.43. The van der Waals surface area contributed by atoms with Gasteiger partial charge < -0.3 is 9.47 Å². The lowest BCUT2D eigenvalue weighted by molar-refractivity contribution is 0.341. The van der Waals surface area contributed by atoms with Crippen LogP contribution in [0.2, 0.25) is 0 Å². The Balaban J connectivity index is 2.48. The molecule has 0 aliphatic carbocycles. The third-order valence-electron chi connectivity index (χ3n) is 2.27. The molecule has 0 saturated carbocycles. The molecule has 1 heterocycles. The van der Waals surface area contributed by atoms with Crippen molar-refractivity contribution in [2.24, 2.45) is 0 Å². The van der Waals surface area contributed by atoms with E-state index in [0.717, 1.165) is 21.9 Å². The van der Waals surface area contributed by atoms with Gasteiger partial charge in [0.15, 0.2) is 5.06 Å². The molecule has 2 rings (SSSR count). The van der Waals surface area contributed by atoms with Gasteiger partial charge in [-0.3, -0.25) is 0 Å². The first kappa shape index (κ1) is 11.0. The van der Waals surface area contributed by atoms with Gasteiger partial charge >= 0.3 is 0 Å². The van der Waals surface area contributed by atoms with Crippen molar-refractivity contribution in [3.8, 4) is 21.9 Å². The maximum absolute atomic E-state index is 5.60. The fraction of sp³-hybridized carbons (Fsp3) is 0.231. The molecular weight excluding hydrogens is 220 g/mol. The second-order valence-electron chi connectivity index (χ2n) is 3.27. The molecular formula is C13H14O2S. The Bertz CT molecular complexity index is 448. The molecule has 1 aromatic heterocycles. The Morgan fingerprint density at radius 1 is 1.19 bits per heavy atom. The number of hydrogen-bond acceptors (Lipinski definition) is 3. The molecule has 0 atom stereocenters. The highest BCUT2D eigenvalue weighted by molar-refractivity contribution is 7.12. The van der Waals surface area contributed by atoms with Gasteiger partial charge in [0.2, 0.25) is 0 Å². The summed E-state index contributed by atoms with van der Waals surface area (Å²) in [6.45, 7) is 2.65. The van der Waals surface area contributed by atoms with Gasteiger partial charge in [0.25, 0.3) is 0 Å². The zero-order chi connectivity index (χ0) is 11.4. The van der Waals surface area contributed by atoms with Gasteiger partial charge in [0.1, 0.15) is 5.75 Å². The summed E-state index contributed by atoms with van der Waals surface area (Å²) in [5.41, 5.74) is 2.18. The van der Waals surface area contributed by atoms with E-state index in [1.165, 1.54) is 0 Å². The second kappa shape index (κ2) is 5.03. The molecule has 2 nitrogen and oxygen atoms in total. The summed E-state index contributed by atoms with van der Waals surface area (Å²) in [6.07, 6.45) is 0. The van der Waals surface area contributed by atoms with Crippen LogP contribution in [0.3, 0.4) is 0 Å². The van der Waals surface area contributed by atoms with Gasteiger partial charge in [0.05, 0.1) is 19.3 Å². The van der Waals surface area contributed by atoms with E-state index in [1.54, 1.807) is 18.4 Å². The monoisotopic (exact) mass is 234 g/mol. The molecule has 3 heteroatoms. The number of hydrogen-bond donors (Lipinski definition) is 0. The Morgan fingerprint density at radius 3 is 2.56 bits per heavy atom. The lowest BCUT2D eigenvalue weighted by atomic mass is 10.1. The number of rotatable bonds is 4. The SMILES string of the molecule is CCOc1csc(OC)c1-c1ccccc1. The van der Waals surface area contributed by atoms with E-state index in [0.29, 0.717) is 6.61 Å². The smallest absolute Gasteiger partial charge is 0.185 e. The summed E-state index contributed by atoms with van der Waals surface area (Å²) in [5, 5.41) is 2.89. The minimum absolute atomic E-state index is 0.666. The minimum atomic E-state index is 0.666. The van der Waals surface area contributed by atoms with E-state index in [1.807, 2.05) is 30.5 Å². The van der Waals surface area contributed by atoms with Gasteiger partial charge in [-0.05, 0) is 12.5 Å². The number of benzene rings is 1. The van der Waals surface area contributed by atoms with Crippen molar-refractivity contribution in [2.75, 3.05) is 13.7 Å². The number of ether oxygens (including phenoxy) is 2. The predicted octanol–water partition coefficient (Wildman–Crippen LogP) is 3.82. The first-order valence-corrected chi connectivity index (χ1v) is 6.08. The van der Waals surface area contributed by atoms with E-state index >= 15 is 0 Å². The van der Waals surface area contributed by atoms with Crippen molar-refractivity contribution < 1.29 is 9.47 Å². The van der Waals surface area contributed by atoms with Crippen molar-refractivity contribution >= 4 is 11.3 Å². The molecule has 0 saturated heterocycles. The highest BCUT2D eigenvalue weighted by Crippen LogP contribution is 2.43. The Hall–Kier alpha value is -1.48. The summed E-state index contributed by atoms with van der Waals surface area (Å²) in [4.78, 5) is 0. The van der Waals surface area contributed by atoms with Crippen LogP contribution in [0.25, 0.3) is 11.1 Å². The van der Waals surface area contributed by atoms with E-state index in [4.69, 9.17) is 9.47 Å². The average Bonchev–Trinajstić information content (AvgIpc) is 2.74. The minimum Gasteiger partial charge on any atom is -0.492 e. The maximum Gasteiger partial charge on any atom is 0.185 e. The Morgan fingerprint density at radius 2 is 1.94 bits per heavy atom. The molecule has 0 radical (unpaired) electrons. The molecule has 2 aromatic rings. The van der Waals surface area contributed by atoms with Crippen molar-refractivity contribution in [2.45, 2.75) is 6.92 Å². The van der Waals surface area contributed by atoms with Gasteiger partial charge in [-0.1, -0.05) is 30.3 Å². The molecule has 0 fully saturated rings. The van der Waals surface area contributed by atoms with Gasteiger partial charge in [0, 0.05) is 5.38 Å². The van der Waals surface area contributed by atoms with Crippen LogP contribution in [-0.4, -0.2) is 13.7 Å². The molecule has 0 unspecified atom stereocenters. The number of methoxy groups -OCH3 is 1. The first-order valence-electron chi connectivity index (χ1n) is 5.20. The van der Waals surface area contributed by atoms with Gasteiger partial charge in [-0.15, -0.1) is 11.3 Å². The molecule has 0 aliphatic heterocycles. The summed E-state index contributed by atoms with van der Waals surface area (Å²) in [5.74, 6) is 0.899. The summed E-state index contributed by atoms with van der Waals surface area (Å²) in [7, 11) is 1.69. The molecule has 0 amide bonds. The first-order chi connectivity index (χ1) is 7.86. The van der Waals surface area contributed by atoms with Crippen molar-refractivity contribution in [1.82, 2.24) is 0 Å².